The Bertz CT molecular complexity index is 1440. The van der Waals surface area contributed by atoms with Crippen LogP contribution in [0.15, 0.2) is 77.6 Å². The summed E-state index contributed by atoms with van der Waals surface area (Å²) in [5.74, 6) is 0.559. The van der Waals surface area contributed by atoms with Crippen molar-refractivity contribution in [1.29, 1.82) is 0 Å². The van der Waals surface area contributed by atoms with E-state index < -0.39 is 0 Å². The molecule has 3 aromatic carbocycles. The van der Waals surface area contributed by atoms with Crippen molar-refractivity contribution in [2.75, 3.05) is 11.6 Å². The summed E-state index contributed by atoms with van der Waals surface area (Å²) in [6.07, 6.45) is 0.519. The highest BCUT2D eigenvalue weighted by Gasteiger charge is 2.29. The van der Waals surface area contributed by atoms with Gasteiger partial charge in [-0.15, -0.1) is 0 Å². The number of benzene rings is 3. The van der Waals surface area contributed by atoms with Crippen molar-refractivity contribution in [3.63, 3.8) is 0 Å². The van der Waals surface area contributed by atoms with Gasteiger partial charge < -0.3 is 0 Å². The third-order valence-corrected chi connectivity index (χ3v) is 7.06. The predicted octanol–water partition coefficient (Wildman–Crippen LogP) is 6.67. The lowest BCUT2D eigenvalue weighted by Gasteiger charge is -2.39. The zero-order chi connectivity index (χ0) is 24.5. The number of hydrogen-bond donors (Lipinski definition) is 0. The Kier molecular flexibility index (Phi) is 6.85. The van der Waals surface area contributed by atoms with Gasteiger partial charge in [-0.25, -0.2) is 4.98 Å². The van der Waals surface area contributed by atoms with Crippen LogP contribution in [0.3, 0.4) is 0 Å². The number of hydrogen-bond acceptors (Lipinski definition) is 4. The molecule has 0 saturated carbocycles. The highest BCUT2D eigenvalue weighted by atomic mass is 35.5. The van der Waals surface area contributed by atoms with E-state index in [9.17, 15) is 4.79 Å². The first-order chi connectivity index (χ1) is 16.9. The molecule has 0 amide bonds. The first-order valence-electron chi connectivity index (χ1n) is 11.2. The lowest BCUT2D eigenvalue weighted by atomic mass is 10.1. The largest absolute Gasteiger partial charge is 0.297 e. The lowest BCUT2D eigenvalue weighted by molar-refractivity contribution is 0.190. The predicted molar refractivity (Wildman–Crippen MR) is 143 cm³/mol. The van der Waals surface area contributed by atoms with Gasteiger partial charge in [-0.3, -0.25) is 19.2 Å². The van der Waals surface area contributed by atoms with Crippen molar-refractivity contribution in [1.82, 2.24) is 14.5 Å². The molecular formula is C27H23Cl3N4O. The highest BCUT2D eigenvalue weighted by molar-refractivity contribution is 6.36. The molecule has 5 rings (SSSR count). The van der Waals surface area contributed by atoms with Crippen LogP contribution in [0, 0.1) is 6.92 Å². The van der Waals surface area contributed by atoms with Crippen molar-refractivity contribution in [2.24, 2.45) is 0 Å². The molecule has 0 aliphatic carbocycles. The van der Waals surface area contributed by atoms with E-state index in [0.717, 1.165) is 16.8 Å². The van der Waals surface area contributed by atoms with Gasteiger partial charge in [-0.1, -0.05) is 83.3 Å². The van der Waals surface area contributed by atoms with Crippen LogP contribution in [0.2, 0.25) is 15.1 Å². The smallest absolute Gasteiger partial charge is 0.259 e. The first kappa shape index (κ1) is 23.9. The van der Waals surface area contributed by atoms with Crippen LogP contribution < -0.4 is 10.5 Å². The van der Waals surface area contributed by atoms with E-state index in [1.165, 1.54) is 0 Å². The van der Waals surface area contributed by atoms with Crippen LogP contribution in [0.4, 0.5) is 11.6 Å². The van der Waals surface area contributed by atoms with E-state index in [0.29, 0.717) is 58.6 Å². The summed E-state index contributed by atoms with van der Waals surface area (Å²) in [5, 5.41) is 1.72. The second-order valence-corrected chi connectivity index (χ2v) is 9.85. The summed E-state index contributed by atoms with van der Waals surface area (Å²) in [4.78, 5) is 22.8. The SMILES string of the molecule is Cc1nc2n(c(=O)c1Cc1ccccc1)CN(Cc1ccccc1Cl)CN2c1ccc(Cl)cc1Cl. The lowest BCUT2D eigenvalue weighted by Crippen LogP contribution is -2.47. The van der Waals surface area contributed by atoms with E-state index >= 15 is 0 Å². The van der Waals surface area contributed by atoms with Crippen LogP contribution in [0.5, 0.6) is 0 Å². The van der Waals surface area contributed by atoms with Gasteiger partial charge in [0.2, 0.25) is 5.95 Å². The van der Waals surface area contributed by atoms with Gasteiger partial charge in [-0.2, -0.15) is 0 Å². The van der Waals surface area contributed by atoms with Crippen LogP contribution >= 0.6 is 34.8 Å². The highest BCUT2D eigenvalue weighted by Crippen LogP contribution is 2.35. The Labute approximate surface area is 219 Å². The van der Waals surface area contributed by atoms with E-state index in [-0.39, 0.29) is 5.56 Å². The number of rotatable bonds is 5. The number of anilines is 2. The van der Waals surface area contributed by atoms with E-state index in [4.69, 9.17) is 39.8 Å². The Hall–Kier alpha value is -2.83. The fourth-order valence-electron chi connectivity index (χ4n) is 4.38. The van der Waals surface area contributed by atoms with E-state index in [2.05, 4.69) is 4.90 Å². The summed E-state index contributed by atoms with van der Waals surface area (Å²) in [6, 6.07) is 23.0. The van der Waals surface area contributed by atoms with Gasteiger partial charge in [0.1, 0.15) is 0 Å². The van der Waals surface area contributed by atoms with Crippen molar-refractivity contribution < 1.29 is 0 Å². The molecule has 1 aliphatic rings. The molecule has 0 spiro atoms. The molecule has 0 atom stereocenters. The number of fused-ring (bicyclic) bond motifs is 1. The van der Waals surface area contributed by atoms with Crippen molar-refractivity contribution in [3.05, 3.63) is 121 Å². The fraction of sp³-hybridized carbons (Fsp3) is 0.185. The minimum Gasteiger partial charge on any atom is -0.297 e. The average molecular weight is 526 g/mol. The second kappa shape index (κ2) is 10.0. The van der Waals surface area contributed by atoms with Gasteiger partial charge in [0.05, 0.1) is 29.7 Å². The maximum Gasteiger partial charge on any atom is 0.259 e. The van der Waals surface area contributed by atoms with Crippen molar-refractivity contribution in [2.45, 2.75) is 26.6 Å². The molecule has 0 unspecified atom stereocenters. The topological polar surface area (TPSA) is 41.4 Å². The number of nitrogens with zero attached hydrogens (tertiary/aromatic N) is 4. The molecule has 0 N–H and O–H groups in total. The molecule has 0 radical (unpaired) electrons. The van der Waals surface area contributed by atoms with Gasteiger partial charge in [-0.05, 0) is 42.3 Å². The average Bonchev–Trinajstić information content (AvgIpc) is 2.84. The van der Waals surface area contributed by atoms with Crippen molar-refractivity contribution >= 4 is 46.4 Å². The monoisotopic (exact) mass is 524 g/mol. The number of aromatic nitrogens is 2. The van der Waals surface area contributed by atoms with Gasteiger partial charge in [0.25, 0.3) is 5.56 Å². The summed E-state index contributed by atoms with van der Waals surface area (Å²) in [6.45, 7) is 3.32. The maximum atomic E-state index is 13.8. The standard InChI is InChI=1S/C27H23Cl3N4O/c1-18-22(13-19-7-3-2-4-8-19)26(35)34-17-32(15-20-9-5-6-10-23(20)29)16-33(27(34)31-18)25-12-11-21(28)14-24(25)30/h2-12,14H,13,15-17H2,1H3. The van der Waals surface area contributed by atoms with Crippen LogP contribution in [-0.4, -0.2) is 21.1 Å². The zero-order valence-electron chi connectivity index (χ0n) is 19.1. The molecule has 8 heteroatoms. The maximum absolute atomic E-state index is 13.8. The summed E-state index contributed by atoms with van der Waals surface area (Å²) in [5.41, 5.74) is 4.11. The molecule has 35 heavy (non-hydrogen) atoms. The minimum atomic E-state index is -0.0599. The molecule has 0 fully saturated rings. The van der Waals surface area contributed by atoms with E-state index in [1.807, 2.05) is 72.5 Å². The van der Waals surface area contributed by atoms with Crippen LogP contribution in [-0.2, 0) is 19.6 Å². The Morgan fingerprint density at radius 2 is 1.63 bits per heavy atom. The first-order valence-corrected chi connectivity index (χ1v) is 12.4. The molecule has 1 aliphatic heterocycles. The normalized spacial score (nSPS) is 13.7. The quantitative estimate of drug-likeness (QED) is 0.292. The number of aryl methyl sites for hydroxylation is 1. The molecule has 178 valence electrons. The molecule has 1 aromatic heterocycles. The van der Waals surface area contributed by atoms with Crippen LogP contribution in [0.25, 0.3) is 0 Å². The molecule has 5 nitrogen and oxygen atoms in total. The summed E-state index contributed by atoms with van der Waals surface area (Å²) < 4.78 is 1.72. The Morgan fingerprint density at radius 1 is 0.886 bits per heavy atom. The van der Waals surface area contributed by atoms with E-state index in [1.54, 1.807) is 16.7 Å². The summed E-state index contributed by atoms with van der Waals surface area (Å²) >= 11 is 19.2. The Morgan fingerprint density at radius 3 is 2.37 bits per heavy atom. The fourth-order valence-corrected chi connectivity index (χ4v) is 5.09. The molecule has 2 heterocycles. The second-order valence-electron chi connectivity index (χ2n) is 8.60. The third-order valence-electron chi connectivity index (χ3n) is 6.15. The minimum absolute atomic E-state index is 0.0599. The zero-order valence-corrected chi connectivity index (χ0v) is 21.4. The molecular weight excluding hydrogens is 503 g/mol. The number of halogens is 3. The van der Waals surface area contributed by atoms with Gasteiger partial charge in [0, 0.05) is 28.6 Å². The third kappa shape index (κ3) is 4.95. The van der Waals surface area contributed by atoms with Gasteiger partial charge in [0.15, 0.2) is 0 Å². The molecule has 0 saturated heterocycles. The summed E-state index contributed by atoms with van der Waals surface area (Å²) in [7, 11) is 0. The Balaban J connectivity index is 1.61. The van der Waals surface area contributed by atoms with Gasteiger partial charge >= 0.3 is 0 Å². The molecule has 4 aromatic rings. The van der Waals surface area contributed by atoms with Crippen LogP contribution in [0.1, 0.15) is 22.4 Å². The molecule has 0 bridgehead atoms. The van der Waals surface area contributed by atoms with Crippen molar-refractivity contribution in [3.8, 4) is 0 Å².